The average molecular weight is 677 g/mol. The van der Waals surface area contributed by atoms with Crippen LogP contribution in [-0.2, 0) is 15.8 Å². The van der Waals surface area contributed by atoms with Crippen LogP contribution in [0.5, 0.6) is 0 Å². The van der Waals surface area contributed by atoms with Gasteiger partial charge in [-0.25, -0.2) is 15.0 Å². The predicted octanol–water partition coefficient (Wildman–Crippen LogP) is 5.62. The van der Waals surface area contributed by atoms with E-state index in [9.17, 15) is 27.6 Å². The fourth-order valence-electron chi connectivity index (χ4n) is 4.28. The van der Waals surface area contributed by atoms with E-state index in [1.807, 2.05) is 13.0 Å². The Bertz CT molecular complexity index is 1950. The number of aryl methyl sites for hydroxylation is 2. The van der Waals surface area contributed by atoms with Crippen molar-refractivity contribution >= 4 is 35.2 Å². The molecule has 0 saturated heterocycles. The highest BCUT2D eigenvalue weighted by molar-refractivity contribution is 6.05. The molecule has 1 unspecified atom stereocenters. The molecule has 16 heteroatoms. The number of alkyl halides is 3. The van der Waals surface area contributed by atoms with Crippen molar-refractivity contribution in [1.29, 1.82) is 0 Å². The Hall–Kier alpha value is -6.16. The summed E-state index contributed by atoms with van der Waals surface area (Å²) in [6.45, 7) is 3.58. The quantitative estimate of drug-likeness (QED) is 0.123. The molecular formula is C33H31F3N8O5. The lowest BCUT2D eigenvalue weighted by Crippen LogP contribution is -2.30. The minimum absolute atomic E-state index is 0.00114. The maximum Gasteiger partial charge on any atom is 0.416 e. The fourth-order valence-corrected chi connectivity index (χ4v) is 4.28. The first kappa shape index (κ1) is 35.7. The summed E-state index contributed by atoms with van der Waals surface area (Å²) in [5, 5.41) is 22.0. The maximum absolute atomic E-state index is 13.6. The van der Waals surface area contributed by atoms with Crippen molar-refractivity contribution in [2.45, 2.75) is 38.9 Å². The first-order valence-electron chi connectivity index (χ1n) is 14.6. The molecule has 0 aliphatic carbocycles. The molecule has 6 N–H and O–H groups in total. The van der Waals surface area contributed by atoms with Crippen LogP contribution in [0.25, 0.3) is 16.9 Å². The normalized spacial score (nSPS) is 11.6. The van der Waals surface area contributed by atoms with Crippen LogP contribution in [0.15, 0.2) is 85.7 Å². The van der Waals surface area contributed by atoms with Gasteiger partial charge in [0.15, 0.2) is 0 Å². The molecule has 0 bridgehead atoms. The standard InChI is InChI=1S/C28H22F3N7O.C5H9NO4/c1-17-5-6-19(10-25(17)37-27-33-9-7-24(36-27)20-4-3-8-32-14-20)26(39)35-22-11-21(28(29,30)31)12-23(13-22)38-15-18(2)34-16-38;6-3(5(9)10)1-2-4(7)8/h3-16H,1-2H3,(H,35,39)(H,33,36,37);3H,1-2,6H2,(H,7,8)(H,9,10). The minimum Gasteiger partial charge on any atom is -0.481 e. The van der Waals surface area contributed by atoms with Crippen molar-refractivity contribution in [3.63, 3.8) is 0 Å². The van der Waals surface area contributed by atoms with E-state index in [2.05, 4.69) is 30.6 Å². The molecule has 0 radical (unpaired) electrons. The molecule has 13 nitrogen and oxygen atoms in total. The SMILES string of the molecule is Cc1cn(-c2cc(NC(=O)c3ccc(C)c(Nc4nccc(-c5cccnc5)n4)c3)cc(C(F)(F)F)c2)cn1.NC(CCC(=O)O)C(=O)O. The largest absolute Gasteiger partial charge is 0.481 e. The number of rotatable bonds is 10. The Kier molecular flexibility index (Phi) is 11.4. The lowest BCUT2D eigenvalue weighted by Gasteiger charge is -2.14. The molecule has 0 saturated carbocycles. The minimum atomic E-state index is -4.60. The summed E-state index contributed by atoms with van der Waals surface area (Å²) in [5.41, 5.74) is 8.09. The fraction of sp³-hybridized carbons (Fsp3) is 0.182. The zero-order valence-electron chi connectivity index (χ0n) is 26.1. The molecule has 254 valence electrons. The molecule has 1 amide bonds. The number of amides is 1. The van der Waals surface area contributed by atoms with Crippen LogP contribution in [0.3, 0.4) is 0 Å². The number of nitrogens with zero attached hydrogens (tertiary/aromatic N) is 5. The topological polar surface area (TPSA) is 198 Å². The third kappa shape index (κ3) is 10.2. The molecule has 0 spiro atoms. The van der Waals surface area contributed by atoms with Gasteiger partial charge in [0.2, 0.25) is 5.95 Å². The summed E-state index contributed by atoms with van der Waals surface area (Å²) in [4.78, 5) is 49.9. The van der Waals surface area contributed by atoms with Crippen molar-refractivity contribution in [3.8, 4) is 16.9 Å². The van der Waals surface area contributed by atoms with Crippen LogP contribution >= 0.6 is 0 Å². The monoisotopic (exact) mass is 676 g/mol. The maximum atomic E-state index is 13.6. The Morgan fingerprint density at radius 2 is 1.78 bits per heavy atom. The van der Waals surface area contributed by atoms with Gasteiger partial charge < -0.3 is 31.1 Å². The lowest BCUT2D eigenvalue weighted by molar-refractivity contribution is -0.140. The van der Waals surface area contributed by atoms with Gasteiger partial charge in [0, 0.05) is 59.4 Å². The molecule has 3 heterocycles. The Balaban J connectivity index is 0.000000471. The van der Waals surface area contributed by atoms with Crippen molar-refractivity contribution in [3.05, 3.63) is 108 Å². The van der Waals surface area contributed by atoms with Crippen LogP contribution in [-0.4, -0.2) is 58.6 Å². The van der Waals surface area contributed by atoms with E-state index >= 15 is 0 Å². The molecule has 0 aliphatic rings. The molecule has 0 fully saturated rings. The number of benzene rings is 2. The highest BCUT2D eigenvalue weighted by atomic mass is 19.4. The molecule has 1 atom stereocenters. The number of hydrogen-bond acceptors (Lipinski definition) is 9. The number of nitrogens with one attached hydrogen (secondary N) is 2. The molecule has 49 heavy (non-hydrogen) atoms. The van der Waals surface area contributed by atoms with E-state index in [0.29, 0.717) is 23.0 Å². The Morgan fingerprint density at radius 1 is 1.00 bits per heavy atom. The van der Waals surface area contributed by atoms with E-state index in [4.69, 9.17) is 15.9 Å². The van der Waals surface area contributed by atoms with Crippen LogP contribution in [0.1, 0.15) is 40.0 Å². The highest BCUT2D eigenvalue weighted by Gasteiger charge is 2.31. The number of carbonyl (C=O) groups is 3. The van der Waals surface area contributed by atoms with Gasteiger partial charge in [-0.15, -0.1) is 0 Å². The van der Waals surface area contributed by atoms with E-state index in [0.717, 1.165) is 23.3 Å². The number of nitrogens with two attached hydrogens (primary N) is 1. The van der Waals surface area contributed by atoms with Gasteiger partial charge in [-0.2, -0.15) is 13.2 Å². The molecule has 2 aromatic carbocycles. The summed E-state index contributed by atoms with van der Waals surface area (Å²) in [6, 6.07) is 12.7. The number of pyridine rings is 1. The molecule has 0 aliphatic heterocycles. The van der Waals surface area contributed by atoms with Crippen LogP contribution in [0, 0.1) is 13.8 Å². The molecule has 5 rings (SSSR count). The summed E-state index contributed by atoms with van der Waals surface area (Å²) >= 11 is 0. The number of aromatic nitrogens is 5. The van der Waals surface area contributed by atoms with Gasteiger partial charge in [0.05, 0.1) is 23.3 Å². The number of aliphatic carboxylic acids is 2. The summed E-state index contributed by atoms with van der Waals surface area (Å²) < 4.78 is 42.3. The van der Waals surface area contributed by atoms with E-state index in [-0.39, 0.29) is 29.8 Å². The number of imidazole rings is 1. The number of hydrogen-bond donors (Lipinski definition) is 5. The zero-order chi connectivity index (χ0) is 35.7. The van der Waals surface area contributed by atoms with E-state index in [1.54, 1.807) is 62.0 Å². The van der Waals surface area contributed by atoms with Gasteiger partial charge in [-0.05, 0) is 74.4 Å². The number of anilines is 3. The zero-order valence-corrected chi connectivity index (χ0v) is 26.1. The van der Waals surface area contributed by atoms with E-state index < -0.39 is 35.6 Å². The second kappa shape index (κ2) is 15.6. The number of carbonyl (C=O) groups excluding carboxylic acids is 1. The Labute approximate surface area is 277 Å². The van der Waals surface area contributed by atoms with Crippen molar-refractivity contribution < 1.29 is 37.8 Å². The second-order valence-electron chi connectivity index (χ2n) is 10.7. The van der Waals surface area contributed by atoms with Gasteiger partial charge in [-0.1, -0.05) is 6.07 Å². The van der Waals surface area contributed by atoms with Crippen LogP contribution in [0.4, 0.5) is 30.5 Å². The third-order valence-electron chi connectivity index (χ3n) is 6.86. The van der Waals surface area contributed by atoms with Crippen LogP contribution in [0.2, 0.25) is 0 Å². The second-order valence-corrected chi connectivity index (χ2v) is 10.7. The van der Waals surface area contributed by atoms with Gasteiger partial charge in [0.1, 0.15) is 6.04 Å². The summed E-state index contributed by atoms with van der Waals surface area (Å²) in [5.74, 6) is -2.46. The average Bonchev–Trinajstić information content (AvgIpc) is 3.51. The molecule has 3 aromatic heterocycles. The number of carboxylic acid groups (broad SMARTS) is 2. The lowest BCUT2D eigenvalue weighted by atomic mass is 10.1. The first-order chi connectivity index (χ1) is 23.2. The Morgan fingerprint density at radius 3 is 2.41 bits per heavy atom. The molecule has 5 aromatic rings. The summed E-state index contributed by atoms with van der Waals surface area (Å²) in [6.07, 6.45) is 3.16. The smallest absolute Gasteiger partial charge is 0.416 e. The van der Waals surface area contributed by atoms with Crippen molar-refractivity contribution in [1.82, 2.24) is 24.5 Å². The predicted molar refractivity (Wildman–Crippen MR) is 173 cm³/mol. The number of halogens is 3. The summed E-state index contributed by atoms with van der Waals surface area (Å²) in [7, 11) is 0. The van der Waals surface area contributed by atoms with Gasteiger partial charge in [0.25, 0.3) is 5.91 Å². The van der Waals surface area contributed by atoms with Crippen LogP contribution < -0.4 is 16.4 Å². The number of carboxylic acids is 2. The van der Waals surface area contributed by atoms with E-state index in [1.165, 1.54) is 17.0 Å². The van der Waals surface area contributed by atoms with Crippen molar-refractivity contribution in [2.75, 3.05) is 10.6 Å². The first-order valence-corrected chi connectivity index (χ1v) is 14.6. The van der Waals surface area contributed by atoms with Crippen molar-refractivity contribution in [2.24, 2.45) is 5.73 Å². The third-order valence-corrected chi connectivity index (χ3v) is 6.86. The van der Waals surface area contributed by atoms with Gasteiger partial charge >= 0.3 is 18.1 Å². The van der Waals surface area contributed by atoms with Gasteiger partial charge in [-0.3, -0.25) is 19.4 Å². The molecular weight excluding hydrogens is 645 g/mol. The highest BCUT2D eigenvalue weighted by Crippen LogP contribution is 2.33.